The maximum Gasteiger partial charge on any atom is 0.308 e. The molecule has 0 bridgehead atoms. The van der Waals surface area contributed by atoms with Crippen molar-refractivity contribution in [3.05, 3.63) is 12.2 Å². The Labute approximate surface area is 100 Å². The quantitative estimate of drug-likeness (QED) is 0.462. The van der Waals surface area contributed by atoms with Crippen LogP contribution in [0.2, 0.25) is 0 Å². The molecule has 0 aromatic carbocycles. The van der Waals surface area contributed by atoms with E-state index in [2.05, 4.69) is 20.4 Å². The van der Waals surface area contributed by atoms with Crippen molar-refractivity contribution in [1.82, 2.24) is 0 Å². The average molecular weight is 226 g/mol. The third-order valence-electron chi connectivity index (χ3n) is 2.63. The van der Waals surface area contributed by atoms with Crippen LogP contribution in [0.1, 0.15) is 53.4 Å². The lowest BCUT2D eigenvalue weighted by Crippen LogP contribution is -2.13. The van der Waals surface area contributed by atoms with Crippen LogP contribution in [-0.2, 0) is 9.53 Å². The molecule has 0 heterocycles. The van der Waals surface area contributed by atoms with Crippen molar-refractivity contribution >= 4 is 5.97 Å². The van der Waals surface area contributed by atoms with Gasteiger partial charge >= 0.3 is 5.97 Å². The fraction of sp³-hybridized carbons (Fsp3) is 0.786. The fourth-order valence-corrected chi connectivity index (χ4v) is 1.42. The van der Waals surface area contributed by atoms with Crippen LogP contribution in [0, 0.1) is 11.8 Å². The molecular formula is C14H26O2. The third-order valence-corrected chi connectivity index (χ3v) is 2.63. The zero-order valence-corrected chi connectivity index (χ0v) is 11.2. The lowest BCUT2D eigenvalue weighted by molar-refractivity contribution is -0.147. The van der Waals surface area contributed by atoms with Crippen molar-refractivity contribution in [3.8, 4) is 0 Å². The van der Waals surface area contributed by atoms with Gasteiger partial charge in [-0.15, -0.1) is 6.58 Å². The molecular weight excluding hydrogens is 200 g/mol. The van der Waals surface area contributed by atoms with Crippen LogP contribution in [0.5, 0.6) is 0 Å². The number of hydrogen-bond donors (Lipinski definition) is 0. The van der Waals surface area contributed by atoms with Gasteiger partial charge in [-0.25, -0.2) is 0 Å². The zero-order valence-electron chi connectivity index (χ0n) is 11.2. The van der Waals surface area contributed by atoms with Crippen LogP contribution in [-0.4, -0.2) is 12.6 Å². The molecule has 1 atom stereocenters. The third kappa shape index (κ3) is 8.51. The molecule has 0 rings (SSSR count). The zero-order chi connectivity index (χ0) is 12.6. The molecule has 16 heavy (non-hydrogen) atoms. The molecule has 0 radical (unpaired) electrons. The summed E-state index contributed by atoms with van der Waals surface area (Å²) in [5, 5.41) is 0. The molecule has 0 spiro atoms. The second-order valence-electron chi connectivity index (χ2n) is 5.07. The van der Waals surface area contributed by atoms with Crippen molar-refractivity contribution in [1.29, 1.82) is 0 Å². The molecule has 0 aliphatic heterocycles. The van der Waals surface area contributed by atoms with E-state index >= 15 is 0 Å². The Kier molecular flexibility index (Phi) is 7.96. The first-order valence-corrected chi connectivity index (χ1v) is 6.24. The van der Waals surface area contributed by atoms with Crippen LogP contribution < -0.4 is 0 Å². The van der Waals surface area contributed by atoms with Crippen molar-refractivity contribution in [3.63, 3.8) is 0 Å². The minimum atomic E-state index is -0.0888. The summed E-state index contributed by atoms with van der Waals surface area (Å²) in [6.45, 7) is 12.4. The number of esters is 1. The molecule has 0 aliphatic carbocycles. The van der Waals surface area contributed by atoms with E-state index < -0.39 is 0 Å². The molecule has 0 aliphatic rings. The van der Waals surface area contributed by atoms with Crippen molar-refractivity contribution < 1.29 is 9.53 Å². The Balaban J connectivity index is 3.47. The Morgan fingerprint density at radius 1 is 1.25 bits per heavy atom. The topological polar surface area (TPSA) is 26.3 Å². The first kappa shape index (κ1) is 15.2. The van der Waals surface area contributed by atoms with Crippen molar-refractivity contribution in [2.45, 2.75) is 53.4 Å². The average Bonchev–Trinajstić information content (AvgIpc) is 2.16. The molecule has 0 aromatic heterocycles. The van der Waals surface area contributed by atoms with Gasteiger partial charge in [-0.3, -0.25) is 4.79 Å². The standard InChI is InChI=1S/C14H26O2/c1-11(2)7-6-8-13(5)9-10-16-14(15)12(3)4/h12-13H,1,6-10H2,2-5H3. The van der Waals surface area contributed by atoms with Gasteiger partial charge in [-0.2, -0.15) is 0 Å². The number of rotatable bonds is 8. The van der Waals surface area contributed by atoms with Gasteiger partial charge in [0, 0.05) is 0 Å². The summed E-state index contributed by atoms with van der Waals surface area (Å²) in [7, 11) is 0. The van der Waals surface area contributed by atoms with E-state index in [-0.39, 0.29) is 11.9 Å². The summed E-state index contributed by atoms with van der Waals surface area (Å²) in [6, 6.07) is 0. The highest BCUT2D eigenvalue weighted by molar-refractivity contribution is 5.71. The van der Waals surface area contributed by atoms with Crippen LogP contribution >= 0.6 is 0 Å². The van der Waals surface area contributed by atoms with Crippen LogP contribution in [0.15, 0.2) is 12.2 Å². The van der Waals surface area contributed by atoms with E-state index in [1.54, 1.807) is 0 Å². The Morgan fingerprint density at radius 3 is 2.38 bits per heavy atom. The van der Waals surface area contributed by atoms with Crippen molar-refractivity contribution in [2.75, 3.05) is 6.61 Å². The second-order valence-corrected chi connectivity index (χ2v) is 5.07. The van der Waals surface area contributed by atoms with Crippen LogP contribution in [0.25, 0.3) is 0 Å². The summed E-state index contributed by atoms with van der Waals surface area (Å²) < 4.78 is 5.15. The first-order valence-electron chi connectivity index (χ1n) is 6.24. The summed E-state index contributed by atoms with van der Waals surface area (Å²) in [6.07, 6.45) is 4.45. The van der Waals surface area contributed by atoms with E-state index in [9.17, 15) is 4.79 Å². The molecule has 0 saturated heterocycles. The molecule has 1 unspecified atom stereocenters. The Hall–Kier alpha value is -0.790. The van der Waals surface area contributed by atoms with Gasteiger partial charge in [0.25, 0.3) is 0 Å². The molecule has 0 saturated carbocycles. The van der Waals surface area contributed by atoms with Gasteiger partial charge in [0.05, 0.1) is 12.5 Å². The molecule has 0 aromatic rings. The minimum absolute atomic E-state index is 0.0151. The highest BCUT2D eigenvalue weighted by Crippen LogP contribution is 2.14. The van der Waals surface area contributed by atoms with Crippen LogP contribution in [0.3, 0.4) is 0 Å². The molecule has 94 valence electrons. The van der Waals surface area contributed by atoms with E-state index in [0.29, 0.717) is 12.5 Å². The number of carbonyl (C=O) groups excluding carboxylic acids is 1. The summed E-state index contributed by atoms with van der Waals surface area (Å²) >= 11 is 0. The SMILES string of the molecule is C=C(C)CCCC(C)CCOC(=O)C(C)C. The van der Waals surface area contributed by atoms with Gasteiger partial charge in [-0.05, 0) is 32.1 Å². The number of allylic oxidation sites excluding steroid dienone is 1. The van der Waals surface area contributed by atoms with E-state index in [0.717, 1.165) is 12.8 Å². The van der Waals surface area contributed by atoms with E-state index in [4.69, 9.17) is 4.74 Å². The normalized spacial score (nSPS) is 12.6. The highest BCUT2D eigenvalue weighted by atomic mass is 16.5. The lowest BCUT2D eigenvalue weighted by Gasteiger charge is -2.12. The number of carbonyl (C=O) groups is 1. The number of hydrogen-bond acceptors (Lipinski definition) is 2. The van der Waals surface area contributed by atoms with Gasteiger partial charge in [0.2, 0.25) is 0 Å². The summed E-state index contributed by atoms with van der Waals surface area (Å²) in [5.74, 6) is 0.521. The monoisotopic (exact) mass is 226 g/mol. The molecule has 0 N–H and O–H groups in total. The Morgan fingerprint density at radius 2 is 1.88 bits per heavy atom. The molecule has 2 nitrogen and oxygen atoms in total. The smallest absolute Gasteiger partial charge is 0.308 e. The number of ether oxygens (including phenoxy) is 1. The first-order chi connectivity index (χ1) is 7.43. The second kappa shape index (κ2) is 8.37. The summed E-state index contributed by atoms with van der Waals surface area (Å²) in [5.41, 5.74) is 1.25. The van der Waals surface area contributed by atoms with Gasteiger partial charge in [0.1, 0.15) is 0 Å². The highest BCUT2D eigenvalue weighted by Gasteiger charge is 2.09. The van der Waals surface area contributed by atoms with Gasteiger partial charge < -0.3 is 4.74 Å². The largest absolute Gasteiger partial charge is 0.465 e. The maximum atomic E-state index is 11.2. The van der Waals surface area contributed by atoms with Gasteiger partial charge in [-0.1, -0.05) is 32.8 Å². The molecule has 2 heteroatoms. The predicted molar refractivity (Wildman–Crippen MR) is 68.2 cm³/mol. The fourth-order valence-electron chi connectivity index (χ4n) is 1.42. The lowest BCUT2D eigenvalue weighted by atomic mass is 9.99. The minimum Gasteiger partial charge on any atom is -0.465 e. The molecule has 0 amide bonds. The van der Waals surface area contributed by atoms with Crippen LogP contribution in [0.4, 0.5) is 0 Å². The van der Waals surface area contributed by atoms with E-state index in [1.165, 1.54) is 18.4 Å². The Bertz CT molecular complexity index is 219. The predicted octanol–water partition coefficient (Wildman–Crippen LogP) is 3.96. The van der Waals surface area contributed by atoms with E-state index in [1.807, 2.05) is 13.8 Å². The maximum absolute atomic E-state index is 11.2. The summed E-state index contributed by atoms with van der Waals surface area (Å²) in [4.78, 5) is 11.2. The van der Waals surface area contributed by atoms with Gasteiger partial charge in [0.15, 0.2) is 0 Å². The molecule has 0 fully saturated rings. The van der Waals surface area contributed by atoms with Crippen molar-refractivity contribution in [2.24, 2.45) is 11.8 Å².